The van der Waals surface area contributed by atoms with Gasteiger partial charge in [0.1, 0.15) is 6.10 Å². The summed E-state index contributed by atoms with van der Waals surface area (Å²) in [6.07, 6.45) is 6.73. The average Bonchev–Trinajstić information content (AvgIpc) is 3.25. The van der Waals surface area contributed by atoms with E-state index in [0.29, 0.717) is 19.3 Å². The van der Waals surface area contributed by atoms with E-state index in [1.807, 2.05) is 11.3 Å². The predicted molar refractivity (Wildman–Crippen MR) is 120 cm³/mol. The number of rotatable bonds is 11. The summed E-state index contributed by atoms with van der Waals surface area (Å²) in [6.45, 7) is 4.36. The Bertz CT molecular complexity index is 759. The molecule has 1 aromatic carbocycles. The van der Waals surface area contributed by atoms with Gasteiger partial charge in [0.2, 0.25) is 0 Å². The highest BCUT2D eigenvalue weighted by atomic mass is 32.1. The molecule has 0 aliphatic heterocycles. The van der Waals surface area contributed by atoms with Crippen molar-refractivity contribution in [2.45, 2.75) is 64.4 Å². The van der Waals surface area contributed by atoms with Crippen molar-refractivity contribution in [1.29, 1.82) is 0 Å². The maximum atomic E-state index is 12.2. The largest absolute Gasteiger partial charge is 0.457 e. The minimum absolute atomic E-state index is 0.127. The quantitative estimate of drug-likeness (QED) is 0.400. The summed E-state index contributed by atoms with van der Waals surface area (Å²) in [5.74, 6) is -0.148. The van der Waals surface area contributed by atoms with Crippen molar-refractivity contribution in [3.8, 4) is 0 Å². The maximum Gasteiger partial charge on any atom is 0.306 e. The molecule has 0 fully saturated rings. The molecule has 5 heteroatoms. The monoisotopic (exact) mass is 415 g/mol. The highest BCUT2D eigenvalue weighted by molar-refractivity contribution is 7.09. The number of aryl methyl sites for hydroxylation is 1. The number of esters is 1. The number of nitrogens with zero attached hydrogens (tertiary/aromatic N) is 1. The molecular formula is C24H33NO3S. The average molecular weight is 416 g/mol. The molecule has 0 saturated carbocycles. The van der Waals surface area contributed by atoms with Gasteiger partial charge in [-0.1, -0.05) is 19.1 Å². The number of ether oxygens (including phenoxy) is 1. The van der Waals surface area contributed by atoms with Crippen LogP contribution in [-0.2, 0) is 22.4 Å². The van der Waals surface area contributed by atoms with Crippen LogP contribution in [-0.4, -0.2) is 30.8 Å². The molecule has 29 heavy (non-hydrogen) atoms. The van der Waals surface area contributed by atoms with Gasteiger partial charge in [0, 0.05) is 36.7 Å². The lowest BCUT2D eigenvalue weighted by molar-refractivity contribution is -0.150. The lowest BCUT2D eigenvalue weighted by Gasteiger charge is -2.29. The van der Waals surface area contributed by atoms with Crippen LogP contribution in [0, 0.1) is 0 Å². The third kappa shape index (κ3) is 6.31. The third-order valence-electron chi connectivity index (χ3n) is 5.52. The van der Waals surface area contributed by atoms with Crippen LogP contribution < -0.4 is 4.90 Å². The first-order valence-electron chi connectivity index (χ1n) is 10.9. The molecule has 0 saturated heterocycles. The first kappa shape index (κ1) is 21.8. The second kappa shape index (κ2) is 11.4. The smallest absolute Gasteiger partial charge is 0.306 e. The summed E-state index contributed by atoms with van der Waals surface area (Å²) < 4.78 is 5.84. The number of hydrogen-bond acceptors (Lipinski definition) is 5. The molecule has 1 unspecified atom stereocenters. The van der Waals surface area contributed by atoms with E-state index in [1.165, 1.54) is 21.7 Å². The molecule has 0 bridgehead atoms. The molecular weight excluding hydrogens is 382 g/mol. The van der Waals surface area contributed by atoms with Crippen LogP contribution in [0.15, 0.2) is 35.7 Å². The summed E-state index contributed by atoms with van der Waals surface area (Å²) in [5, 5.41) is 11.0. The molecule has 1 aliphatic rings. The summed E-state index contributed by atoms with van der Waals surface area (Å²) >= 11 is 1.82. The van der Waals surface area contributed by atoms with Crippen LogP contribution in [0.3, 0.4) is 0 Å². The van der Waals surface area contributed by atoms with E-state index in [4.69, 9.17) is 9.84 Å². The summed E-state index contributed by atoms with van der Waals surface area (Å²) in [6, 6.07) is 11.0. The second-order valence-corrected chi connectivity index (χ2v) is 8.78. The number of aliphatic hydroxyl groups excluding tert-OH is 1. The van der Waals surface area contributed by atoms with Gasteiger partial charge in [0.25, 0.3) is 0 Å². The normalized spacial score (nSPS) is 15.7. The van der Waals surface area contributed by atoms with Gasteiger partial charge in [-0.15, -0.1) is 11.3 Å². The third-order valence-corrected chi connectivity index (χ3v) is 6.45. The minimum Gasteiger partial charge on any atom is -0.457 e. The first-order chi connectivity index (χ1) is 14.2. The number of carbonyl (C=O) groups excluding carboxylic acids is 1. The fourth-order valence-corrected chi connectivity index (χ4v) is 4.70. The van der Waals surface area contributed by atoms with Crippen LogP contribution in [0.5, 0.6) is 0 Å². The van der Waals surface area contributed by atoms with Crippen LogP contribution in [0.2, 0.25) is 0 Å². The van der Waals surface area contributed by atoms with E-state index < -0.39 is 0 Å². The van der Waals surface area contributed by atoms with Crippen LogP contribution in [0.4, 0.5) is 5.69 Å². The summed E-state index contributed by atoms with van der Waals surface area (Å²) in [4.78, 5) is 16.1. The Balaban J connectivity index is 1.71. The van der Waals surface area contributed by atoms with Gasteiger partial charge >= 0.3 is 5.97 Å². The fraction of sp³-hybridized carbons (Fsp3) is 0.542. The van der Waals surface area contributed by atoms with Gasteiger partial charge in [0.15, 0.2) is 0 Å². The maximum absolute atomic E-state index is 12.2. The SMILES string of the molecule is CCCN(CCc1cccs1)c1ccc2c(c1)C(OC(=O)CCCCO)CCC2. The molecule has 2 aromatic rings. The Kier molecular flexibility index (Phi) is 8.56. The van der Waals surface area contributed by atoms with E-state index in [0.717, 1.165) is 45.2 Å². The van der Waals surface area contributed by atoms with Crippen molar-refractivity contribution in [1.82, 2.24) is 0 Å². The Labute approximate surface area is 178 Å². The number of fused-ring (bicyclic) bond motifs is 1. The number of benzene rings is 1. The zero-order valence-corrected chi connectivity index (χ0v) is 18.3. The van der Waals surface area contributed by atoms with Gasteiger partial charge < -0.3 is 14.7 Å². The lowest BCUT2D eigenvalue weighted by atomic mass is 9.88. The Morgan fingerprint density at radius 1 is 1.28 bits per heavy atom. The molecule has 1 heterocycles. The molecule has 158 valence electrons. The molecule has 1 aliphatic carbocycles. The number of thiophene rings is 1. The van der Waals surface area contributed by atoms with E-state index >= 15 is 0 Å². The Hall–Kier alpha value is -1.85. The van der Waals surface area contributed by atoms with E-state index in [1.54, 1.807) is 0 Å². The van der Waals surface area contributed by atoms with Gasteiger partial charge in [0.05, 0.1) is 0 Å². The van der Waals surface area contributed by atoms with E-state index in [-0.39, 0.29) is 18.7 Å². The van der Waals surface area contributed by atoms with Crippen molar-refractivity contribution >= 4 is 23.0 Å². The predicted octanol–water partition coefficient (Wildman–Crippen LogP) is 5.29. The molecule has 1 atom stereocenters. The van der Waals surface area contributed by atoms with Crippen molar-refractivity contribution in [2.75, 3.05) is 24.6 Å². The zero-order chi connectivity index (χ0) is 20.5. The van der Waals surface area contributed by atoms with Crippen molar-refractivity contribution in [3.05, 3.63) is 51.7 Å². The molecule has 0 spiro atoms. The van der Waals surface area contributed by atoms with Crippen LogP contribution in [0.1, 0.15) is 67.6 Å². The van der Waals surface area contributed by atoms with Crippen LogP contribution in [0.25, 0.3) is 0 Å². The number of hydrogen-bond donors (Lipinski definition) is 1. The Morgan fingerprint density at radius 3 is 2.93 bits per heavy atom. The fourth-order valence-electron chi connectivity index (χ4n) is 4.00. The van der Waals surface area contributed by atoms with Gasteiger partial charge in [-0.05, 0) is 79.7 Å². The number of unbranched alkanes of at least 4 members (excludes halogenated alkanes) is 1. The van der Waals surface area contributed by atoms with Crippen molar-refractivity contribution < 1.29 is 14.6 Å². The van der Waals surface area contributed by atoms with E-state index in [2.05, 4.69) is 47.5 Å². The zero-order valence-electron chi connectivity index (χ0n) is 17.4. The highest BCUT2D eigenvalue weighted by Crippen LogP contribution is 2.35. The first-order valence-corrected chi connectivity index (χ1v) is 11.8. The summed E-state index contributed by atoms with van der Waals surface area (Å²) in [5.41, 5.74) is 3.72. The molecule has 3 rings (SSSR count). The molecule has 1 aromatic heterocycles. The van der Waals surface area contributed by atoms with Gasteiger partial charge in [-0.2, -0.15) is 0 Å². The molecule has 4 nitrogen and oxygen atoms in total. The number of carbonyl (C=O) groups is 1. The minimum atomic E-state index is -0.148. The number of aliphatic hydroxyl groups is 1. The van der Waals surface area contributed by atoms with Gasteiger partial charge in [-0.3, -0.25) is 4.79 Å². The van der Waals surface area contributed by atoms with E-state index in [9.17, 15) is 4.79 Å². The molecule has 0 radical (unpaired) electrons. The standard InChI is InChI=1S/C24H33NO3S/c1-2-14-25(15-13-21-8-6-17-29-21)20-12-11-19-7-5-9-23(22(19)18-20)28-24(27)10-3-4-16-26/h6,8,11-12,17-18,23,26H,2-5,7,9-10,13-16H2,1H3. The molecule has 0 amide bonds. The molecule has 1 N–H and O–H groups in total. The second-order valence-electron chi connectivity index (χ2n) is 7.75. The highest BCUT2D eigenvalue weighted by Gasteiger charge is 2.24. The van der Waals surface area contributed by atoms with Crippen molar-refractivity contribution in [2.24, 2.45) is 0 Å². The van der Waals surface area contributed by atoms with Crippen LogP contribution >= 0.6 is 11.3 Å². The van der Waals surface area contributed by atoms with Crippen molar-refractivity contribution in [3.63, 3.8) is 0 Å². The summed E-state index contributed by atoms with van der Waals surface area (Å²) in [7, 11) is 0. The lowest BCUT2D eigenvalue weighted by Crippen LogP contribution is -2.27. The Morgan fingerprint density at radius 2 is 2.17 bits per heavy atom. The van der Waals surface area contributed by atoms with Gasteiger partial charge in [-0.25, -0.2) is 0 Å². The number of anilines is 1. The topological polar surface area (TPSA) is 49.8 Å².